The first-order valence-electron chi connectivity index (χ1n) is 7.67. The van der Waals surface area contributed by atoms with Gasteiger partial charge in [-0.15, -0.1) is 0 Å². The van der Waals surface area contributed by atoms with Crippen molar-refractivity contribution in [1.29, 1.82) is 0 Å². The van der Waals surface area contributed by atoms with Crippen LogP contribution in [-0.2, 0) is 0 Å². The molecule has 1 aliphatic heterocycles. The summed E-state index contributed by atoms with van der Waals surface area (Å²) in [6.07, 6.45) is 2.46. The molecule has 5 heteroatoms. The van der Waals surface area contributed by atoms with E-state index in [4.69, 9.17) is 4.42 Å². The molecule has 1 fully saturated rings. The summed E-state index contributed by atoms with van der Waals surface area (Å²) in [6, 6.07) is 6.23. The molecule has 1 aliphatic rings. The monoisotopic (exact) mass is 305 g/mol. The van der Waals surface area contributed by atoms with Crippen molar-refractivity contribution in [3.63, 3.8) is 0 Å². The van der Waals surface area contributed by atoms with Crippen molar-refractivity contribution in [2.24, 2.45) is 5.41 Å². The van der Waals surface area contributed by atoms with Gasteiger partial charge >= 0.3 is 0 Å². The van der Waals surface area contributed by atoms with E-state index in [9.17, 15) is 14.3 Å². The van der Waals surface area contributed by atoms with E-state index in [1.54, 1.807) is 23.1 Å². The van der Waals surface area contributed by atoms with Crippen LogP contribution in [-0.4, -0.2) is 35.6 Å². The van der Waals surface area contributed by atoms with Gasteiger partial charge in [-0.1, -0.05) is 19.1 Å². The summed E-state index contributed by atoms with van der Waals surface area (Å²) in [4.78, 5) is 14.2. The molecule has 2 heterocycles. The van der Waals surface area contributed by atoms with Gasteiger partial charge in [-0.3, -0.25) is 4.79 Å². The Hall–Kier alpha value is -1.88. The van der Waals surface area contributed by atoms with Crippen LogP contribution in [0.1, 0.15) is 36.7 Å². The Morgan fingerprint density at radius 2 is 2.14 bits per heavy atom. The molecule has 1 N–H and O–H groups in total. The van der Waals surface area contributed by atoms with E-state index < -0.39 is 5.82 Å². The normalized spacial score (nSPS) is 17.9. The summed E-state index contributed by atoms with van der Waals surface area (Å²) in [5.74, 6) is -0.494. The van der Waals surface area contributed by atoms with E-state index in [0.29, 0.717) is 18.5 Å². The van der Waals surface area contributed by atoms with Crippen molar-refractivity contribution < 1.29 is 18.7 Å². The maximum Gasteiger partial charge on any atom is 0.289 e. The quantitative estimate of drug-likeness (QED) is 0.947. The second kappa shape index (κ2) is 5.72. The van der Waals surface area contributed by atoms with Gasteiger partial charge < -0.3 is 14.4 Å². The van der Waals surface area contributed by atoms with Crippen molar-refractivity contribution in [2.45, 2.75) is 26.2 Å². The second-order valence-electron chi connectivity index (χ2n) is 6.07. The number of hydrogen-bond acceptors (Lipinski definition) is 3. The average Bonchev–Trinajstić information content (AvgIpc) is 3.00. The highest BCUT2D eigenvalue weighted by Gasteiger charge is 2.34. The van der Waals surface area contributed by atoms with E-state index >= 15 is 0 Å². The number of hydrogen-bond donors (Lipinski definition) is 1. The van der Waals surface area contributed by atoms with Gasteiger partial charge in [0.15, 0.2) is 17.2 Å². The van der Waals surface area contributed by atoms with E-state index in [-0.39, 0.29) is 29.3 Å². The number of halogens is 1. The van der Waals surface area contributed by atoms with Gasteiger partial charge in [0.2, 0.25) is 0 Å². The molecule has 0 unspecified atom stereocenters. The van der Waals surface area contributed by atoms with Gasteiger partial charge in [0.05, 0.1) is 0 Å². The summed E-state index contributed by atoms with van der Waals surface area (Å²) in [5.41, 5.74) is 0.0534. The van der Waals surface area contributed by atoms with Crippen LogP contribution in [0.15, 0.2) is 28.7 Å². The Bertz CT molecular complexity index is 680. The molecule has 22 heavy (non-hydrogen) atoms. The van der Waals surface area contributed by atoms with Crippen LogP contribution >= 0.6 is 0 Å². The van der Waals surface area contributed by atoms with Crippen molar-refractivity contribution in [3.05, 3.63) is 35.8 Å². The molecule has 0 saturated carbocycles. The zero-order valence-corrected chi connectivity index (χ0v) is 12.6. The lowest BCUT2D eigenvalue weighted by atomic mass is 9.77. The van der Waals surface area contributed by atoms with Crippen molar-refractivity contribution >= 4 is 16.9 Å². The smallest absolute Gasteiger partial charge is 0.289 e. The second-order valence-corrected chi connectivity index (χ2v) is 6.07. The zero-order valence-electron chi connectivity index (χ0n) is 12.6. The minimum absolute atomic E-state index is 0.0727. The molecule has 0 radical (unpaired) electrons. The number of aliphatic hydroxyl groups excluding tert-OH is 1. The minimum Gasteiger partial charge on any atom is -0.448 e. The number of amides is 1. The van der Waals surface area contributed by atoms with Crippen LogP contribution < -0.4 is 0 Å². The first-order chi connectivity index (χ1) is 10.6. The summed E-state index contributed by atoms with van der Waals surface area (Å²) in [6.45, 7) is 3.40. The number of nitrogens with zero attached hydrogens (tertiary/aromatic N) is 1. The number of fused-ring (bicyclic) bond motifs is 1. The number of carbonyl (C=O) groups is 1. The number of furan rings is 1. The van der Waals surface area contributed by atoms with Crippen molar-refractivity contribution in [1.82, 2.24) is 4.90 Å². The number of piperidine rings is 1. The molecule has 4 nitrogen and oxygen atoms in total. The van der Waals surface area contributed by atoms with Gasteiger partial charge in [-0.05, 0) is 36.8 Å². The molecule has 1 aromatic heterocycles. The van der Waals surface area contributed by atoms with Crippen LogP contribution in [0, 0.1) is 11.2 Å². The molecule has 0 aliphatic carbocycles. The number of rotatable bonds is 3. The van der Waals surface area contributed by atoms with E-state index in [1.807, 2.05) is 0 Å². The Labute approximate surface area is 128 Å². The number of para-hydroxylation sites is 1. The van der Waals surface area contributed by atoms with Gasteiger partial charge in [-0.25, -0.2) is 4.39 Å². The van der Waals surface area contributed by atoms with E-state index in [2.05, 4.69) is 6.92 Å². The Morgan fingerprint density at radius 1 is 1.41 bits per heavy atom. The highest BCUT2D eigenvalue weighted by molar-refractivity contribution is 5.96. The van der Waals surface area contributed by atoms with Gasteiger partial charge in [-0.2, -0.15) is 0 Å². The summed E-state index contributed by atoms with van der Waals surface area (Å²) >= 11 is 0. The lowest BCUT2D eigenvalue weighted by Gasteiger charge is -2.39. The molecule has 0 atom stereocenters. The molecule has 2 aromatic rings. The zero-order chi connectivity index (χ0) is 15.7. The number of aliphatic hydroxyl groups is 1. The van der Waals surface area contributed by atoms with E-state index in [0.717, 1.165) is 19.3 Å². The molecular weight excluding hydrogens is 285 g/mol. The highest BCUT2D eigenvalue weighted by atomic mass is 19.1. The first kappa shape index (κ1) is 15.0. The summed E-state index contributed by atoms with van der Waals surface area (Å²) < 4.78 is 19.1. The molecule has 0 bridgehead atoms. The topological polar surface area (TPSA) is 53.7 Å². The first-order valence-corrected chi connectivity index (χ1v) is 7.67. The van der Waals surface area contributed by atoms with Crippen LogP contribution in [0.5, 0.6) is 0 Å². The van der Waals surface area contributed by atoms with Gasteiger partial charge in [0, 0.05) is 25.1 Å². The molecule has 3 rings (SSSR count). The predicted molar refractivity (Wildman–Crippen MR) is 81.1 cm³/mol. The third kappa shape index (κ3) is 2.50. The summed E-state index contributed by atoms with van der Waals surface area (Å²) in [7, 11) is 0. The number of benzene rings is 1. The van der Waals surface area contributed by atoms with Gasteiger partial charge in [0.1, 0.15) is 0 Å². The fourth-order valence-corrected chi connectivity index (χ4v) is 3.10. The standard InChI is InChI=1S/C17H20FNO3/c1-2-17(11-20)6-8-19(9-7-17)16(21)14-10-12-4-3-5-13(18)15(12)22-14/h3-5,10,20H,2,6-9,11H2,1H3. The minimum atomic E-state index is -0.458. The number of carbonyl (C=O) groups excluding carboxylic acids is 1. The molecular formula is C17H20FNO3. The number of likely N-dealkylation sites (tertiary alicyclic amines) is 1. The third-order valence-corrected chi connectivity index (χ3v) is 4.90. The van der Waals surface area contributed by atoms with E-state index in [1.165, 1.54) is 6.07 Å². The Balaban J connectivity index is 1.78. The van der Waals surface area contributed by atoms with Crippen molar-refractivity contribution in [2.75, 3.05) is 19.7 Å². The van der Waals surface area contributed by atoms with Crippen LogP contribution in [0.4, 0.5) is 4.39 Å². The average molecular weight is 305 g/mol. The highest BCUT2D eigenvalue weighted by Crippen LogP contribution is 2.35. The molecule has 1 amide bonds. The fourth-order valence-electron chi connectivity index (χ4n) is 3.10. The maximum atomic E-state index is 13.7. The lowest BCUT2D eigenvalue weighted by Crippen LogP contribution is -2.44. The molecule has 0 spiro atoms. The van der Waals surface area contributed by atoms with Gasteiger partial charge in [0.25, 0.3) is 5.91 Å². The van der Waals surface area contributed by atoms with Crippen LogP contribution in [0.3, 0.4) is 0 Å². The SMILES string of the molecule is CCC1(CO)CCN(C(=O)c2cc3cccc(F)c3o2)CC1. The fraction of sp³-hybridized carbons (Fsp3) is 0.471. The largest absolute Gasteiger partial charge is 0.448 e. The molecule has 118 valence electrons. The Kier molecular flexibility index (Phi) is 3.91. The molecule has 1 aromatic carbocycles. The third-order valence-electron chi connectivity index (χ3n) is 4.90. The predicted octanol–water partition coefficient (Wildman–Crippen LogP) is 3.20. The summed E-state index contributed by atoms with van der Waals surface area (Å²) in [5, 5.41) is 10.1. The lowest BCUT2D eigenvalue weighted by molar-refractivity contribution is 0.0321. The Morgan fingerprint density at radius 3 is 2.73 bits per heavy atom. The molecule has 1 saturated heterocycles. The van der Waals surface area contributed by atoms with Crippen LogP contribution in [0.25, 0.3) is 11.0 Å². The van der Waals surface area contributed by atoms with Crippen LogP contribution in [0.2, 0.25) is 0 Å². The maximum absolute atomic E-state index is 13.7. The van der Waals surface area contributed by atoms with Crippen molar-refractivity contribution in [3.8, 4) is 0 Å².